The lowest BCUT2D eigenvalue weighted by atomic mass is 10.2. The molecule has 0 aromatic heterocycles. The lowest BCUT2D eigenvalue weighted by Crippen LogP contribution is -2.33. The summed E-state index contributed by atoms with van der Waals surface area (Å²) in [6.07, 6.45) is 1.66. The molecule has 0 aromatic rings. The Balaban J connectivity index is 2.69. The fraction of sp³-hybridized carbons (Fsp3) is 0.571. The zero-order valence-electron chi connectivity index (χ0n) is 7.46. The Morgan fingerprint density at radius 2 is 2.21 bits per heavy atom. The highest BCUT2D eigenvalue weighted by Gasteiger charge is 2.26. The molecule has 1 saturated heterocycles. The van der Waals surface area contributed by atoms with Gasteiger partial charge in [-0.25, -0.2) is 18.4 Å². The monoisotopic (exact) mass is 220 g/mol. The Hall–Kier alpha value is -1.08. The highest BCUT2D eigenvalue weighted by atomic mass is 32.2. The second-order valence-electron chi connectivity index (χ2n) is 3.10. The van der Waals surface area contributed by atoms with Crippen molar-refractivity contribution in [1.82, 2.24) is 4.90 Å². The van der Waals surface area contributed by atoms with Gasteiger partial charge in [-0.05, 0) is 18.9 Å². The number of nitrogens with zero attached hydrogens (tertiary/aromatic N) is 1. The van der Waals surface area contributed by atoms with Crippen LogP contribution in [0.2, 0.25) is 0 Å². The van der Waals surface area contributed by atoms with Gasteiger partial charge in [0.1, 0.15) is 0 Å². The van der Waals surface area contributed by atoms with Crippen LogP contribution < -0.4 is 5.14 Å². The average Bonchev–Trinajstić information content (AvgIpc) is 2.46. The van der Waals surface area contributed by atoms with Crippen LogP contribution in [0.3, 0.4) is 0 Å². The van der Waals surface area contributed by atoms with Crippen molar-refractivity contribution in [2.75, 3.05) is 6.54 Å². The summed E-state index contributed by atoms with van der Waals surface area (Å²) >= 11 is 0. The number of carbonyl (C=O) groups is 1. The molecule has 1 heterocycles. The zero-order chi connectivity index (χ0) is 10.8. The Bertz CT molecular complexity index is 349. The first kappa shape index (κ1) is 11.0. The van der Waals surface area contributed by atoms with Crippen molar-refractivity contribution in [2.45, 2.75) is 18.9 Å². The molecule has 0 spiro atoms. The Labute approximate surface area is 82.0 Å². The second kappa shape index (κ2) is 3.97. The summed E-state index contributed by atoms with van der Waals surface area (Å²) in [7, 11) is -3.66. The maximum Gasteiger partial charge on any atom is 0.407 e. The van der Waals surface area contributed by atoms with Crippen LogP contribution in [0.1, 0.15) is 12.8 Å². The molecule has 80 valence electrons. The number of likely N-dealkylation sites (tertiary alicyclic amines) is 1. The Morgan fingerprint density at radius 3 is 2.71 bits per heavy atom. The fourth-order valence-electron chi connectivity index (χ4n) is 1.43. The van der Waals surface area contributed by atoms with Gasteiger partial charge >= 0.3 is 6.09 Å². The van der Waals surface area contributed by atoms with Crippen LogP contribution in [-0.4, -0.2) is 37.1 Å². The van der Waals surface area contributed by atoms with Crippen molar-refractivity contribution in [3.8, 4) is 0 Å². The molecule has 6 nitrogen and oxygen atoms in total. The van der Waals surface area contributed by atoms with Crippen molar-refractivity contribution in [3.05, 3.63) is 11.5 Å². The molecule has 0 aliphatic carbocycles. The molecule has 0 aromatic carbocycles. The van der Waals surface area contributed by atoms with E-state index in [0.717, 1.165) is 11.8 Å². The summed E-state index contributed by atoms with van der Waals surface area (Å²) in [6, 6.07) is -0.370. The predicted octanol–water partition coefficient (Wildman–Crippen LogP) is -0.0690. The number of primary sulfonamides is 1. The summed E-state index contributed by atoms with van der Waals surface area (Å²) in [5.74, 6) is 0. The minimum atomic E-state index is -3.66. The third-order valence-corrected chi connectivity index (χ3v) is 2.57. The molecular formula is C7H12N2O4S. The second-order valence-corrected chi connectivity index (χ2v) is 4.55. The van der Waals surface area contributed by atoms with Crippen LogP contribution in [0.4, 0.5) is 4.79 Å². The average molecular weight is 220 g/mol. The van der Waals surface area contributed by atoms with Gasteiger partial charge in [0.25, 0.3) is 0 Å². The van der Waals surface area contributed by atoms with Crippen LogP contribution in [0, 0.1) is 0 Å². The topological polar surface area (TPSA) is 101 Å². The van der Waals surface area contributed by atoms with E-state index in [2.05, 4.69) is 0 Å². The van der Waals surface area contributed by atoms with Gasteiger partial charge in [0.15, 0.2) is 0 Å². The minimum Gasteiger partial charge on any atom is -0.465 e. The lowest BCUT2D eigenvalue weighted by Gasteiger charge is -2.17. The van der Waals surface area contributed by atoms with E-state index in [4.69, 9.17) is 10.2 Å². The van der Waals surface area contributed by atoms with E-state index in [1.54, 1.807) is 0 Å². The first-order valence-electron chi connectivity index (χ1n) is 4.11. The molecule has 1 amide bonds. The van der Waals surface area contributed by atoms with Crippen molar-refractivity contribution >= 4 is 16.1 Å². The summed E-state index contributed by atoms with van der Waals surface area (Å²) in [5, 5.41) is 14.3. The Morgan fingerprint density at radius 1 is 1.57 bits per heavy atom. The smallest absolute Gasteiger partial charge is 0.407 e. The van der Waals surface area contributed by atoms with Crippen molar-refractivity contribution < 1.29 is 18.3 Å². The van der Waals surface area contributed by atoms with E-state index in [1.165, 1.54) is 11.0 Å². The number of hydrogen-bond acceptors (Lipinski definition) is 3. The number of sulfonamides is 1. The lowest BCUT2D eigenvalue weighted by molar-refractivity contribution is 0.147. The van der Waals surface area contributed by atoms with Gasteiger partial charge in [0, 0.05) is 12.0 Å². The third-order valence-electron chi connectivity index (χ3n) is 2.04. The van der Waals surface area contributed by atoms with Crippen molar-refractivity contribution in [1.29, 1.82) is 0 Å². The highest BCUT2D eigenvalue weighted by Crippen LogP contribution is 2.18. The van der Waals surface area contributed by atoms with Crippen LogP contribution in [0.5, 0.6) is 0 Å². The van der Waals surface area contributed by atoms with Crippen LogP contribution >= 0.6 is 0 Å². The van der Waals surface area contributed by atoms with E-state index >= 15 is 0 Å². The van der Waals surface area contributed by atoms with Gasteiger partial charge < -0.3 is 10.0 Å². The normalized spacial score (nSPS) is 23.2. The fourth-order valence-corrected chi connectivity index (χ4v) is 1.83. The molecule has 1 unspecified atom stereocenters. The molecule has 1 aliphatic heterocycles. The third kappa shape index (κ3) is 3.00. The number of carboxylic acid groups (broad SMARTS) is 1. The molecule has 1 atom stereocenters. The molecule has 7 heteroatoms. The number of rotatable bonds is 2. The first-order valence-corrected chi connectivity index (χ1v) is 5.71. The maximum absolute atomic E-state index is 10.6. The molecule has 0 radical (unpaired) electrons. The molecule has 1 fully saturated rings. The molecule has 14 heavy (non-hydrogen) atoms. The van der Waals surface area contributed by atoms with E-state index in [9.17, 15) is 13.2 Å². The van der Waals surface area contributed by atoms with Crippen LogP contribution in [-0.2, 0) is 10.0 Å². The largest absolute Gasteiger partial charge is 0.465 e. The molecular weight excluding hydrogens is 208 g/mol. The van der Waals surface area contributed by atoms with Gasteiger partial charge in [-0.15, -0.1) is 0 Å². The minimum absolute atomic E-state index is 0.370. The summed E-state index contributed by atoms with van der Waals surface area (Å²) in [6.45, 7) is 0.439. The Kier molecular flexibility index (Phi) is 3.12. The van der Waals surface area contributed by atoms with Crippen molar-refractivity contribution in [3.63, 3.8) is 0 Å². The van der Waals surface area contributed by atoms with Crippen molar-refractivity contribution in [2.24, 2.45) is 5.14 Å². The maximum atomic E-state index is 10.6. The molecule has 1 rings (SSSR count). The van der Waals surface area contributed by atoms with Gasteiger partial charge in [0.05, 0.1) is 6.04 Å². The van der Waals surface area contributed by atoms with Gasteiger partial charge in [0.2, 0.25) is 10.0 Å². The molecule has 0 bridgehead atoms. The molecule has 1 aliphatic rings. The van der Waals surface area contributed by atoms with E-state index < -0.39 is 16.1 Å². The predicted molar refractivity (Wildman–Crippen MR) is 50.0 cm³/mol. The molecule has 0 saturated carbocycles. The quantitative estimate of drug-likeness (QED) is 0.680. The SMILES string of the molecule is NS(=O)(=O)/C=C/C1CCCN1C(=O)O. The summed E-state index contributed by atoms with van der Waals surface area (Å²) in [5.41, 5.74) is 0. The number of nitrogens with two attached hydrogens (primary N) is 1. The standard InChI is InChI=1S/C7H12N2O4S/c8-14(12,13)5-3-6-2-1-4-9(6)7(10)11/h3,5-6H,1-2,4H2,(H,10,11)(H2,8,12,13)/b5-3+. The van der Waals surface area contributed by atoms with E-state index in [0.29, 0.717) is 13.0 Å². The number of amides is 1. The summed E-state index contributed by atoms with van der Waals surface area (Å²) < 4.78 is 21.2. The zero-order valence-corrected chi connectivity index (χ0v) is 8.27. The first-order chi connectivity index (χ1) is 6.40. The van der Waals surface area contributed by atoms with E-state index in [1.807, 2.05) is 0 Å². The van der Waals surface area contributed by atoms with Gasteiger partial charge in [-0.3, -0.25) is 0 Å². The van der Waals surface area contributed by atoms with E-state index in [-0.39, 0.29) is 6.04 Å². The van der Waals surface area contributed by atoms with Gasteiger partial charge in [-0.2, -0.15) is 0 Å². The number of hydrogen-bond donors (Lipinski definition) is 2. The summed E-state index contributed by atoms with van der Waals surface area (Å²) in [4.78, 5) is 11.8. The highest BCUT2D eigenvalue weighted by molar-refractivity contribution is 7.92. The van der Waals surface area contributed by atoms with Crippen LogP contribution in [0.25, 0.3) is 0 Å². The van der Waals surface area contributed by atoms with Crippen LogP contribution in [0.15, 0.2) is 11.5 Å². The van der Waals surface area contributed by atoms with Gasteiger partial charge in [-0.1, -0.05) is 0 Å². The molecule has 3 N–H and O–H groups in total.